The Morgan fingerprint density at radius 2 is 1.88 bits per heavy atom. The van der Waals surface area contributed by atoms with Gasteiger partial charge < -0.3 is 19.5 Å². The maximum atomic E-state index is 6.00. The molecule has 1 N–H and O–H groups in total. The van der Waals surface area contributed by atoms with E-state index in [2.05, 4.69) is 12.2 Å². The maximum Gasteiger partial charge on any atom is 0.119 e. The monoisotopic (exact) mass is 341 g/mol. The molecule has 134 valence electrons. The van der Waals surface area contributed by atoms with E-state index in [9.17, 15) is 0 Å². The molecule has 25 heavy (non-hydrogen) atoms. The zero-order chi connectivity index (χ0) is 17.3. The van der Waals surface area contributed by atoms with Gasteiger partial charge in [0.15, 0.2) is 0 Å². The lowest BCUT2D eigenvalue weighted by atomic mass is 10.2. The van der Waals surface area contributed by atoms with Crippen LogP contribution in [0, 0.1) is 0 Å². The highest BCUT2D eigenvalue weighted by Gasteiger charge is 2.15. The van der Waals surface area contributed by atoms with Crippen molar-refractivity contribution < 1.29 is 14.2 Å². The average molecular weight is 341 g/mol. The molecule has 0 radical (unpaired) electrons. The highest BCUT2D eigenvalue weighted by molar-refractivity contribution is 5.46. The fourth-order valence-corrected chi connectivity index (χ4v) is 2.83. The molecule has 4 nitrogen and oxygen atoms in total. The van der Waals surface area contributed by atoms with Gasteiger partial charge in [-0.1, -0.05) is 25.1 Å². The molecule has 3 rings (SSSR count). The van der Waals surface area contributed by atoms with Crippen molar-refractivity contribution in [3.05, 3.63) is 54.6 Å². The summed E-state index contributed by atoms with van der Waals surface area (Å²) in [6, 6.07) is 18.0. The molecule has 0 bridgehead atoms. The number of anilines is 1. The van der Waals surface area contributed by atoms with E-state index < -0.39 is 0 Å². The quantitative estimate of drug-likeness (QED) is 0.728. The number of hydrogen-bond donors (Lipinski definition) is 1. The van der Waals surface area contributed by atoms with Gasteiger partial charge in [-0.15, -0.1) is 0 Å². The van der Waals surface area contributed by atoms with Gasteiger partial charge in [0.1, 0.15) is 24.2 Å². The summed E-state index contributed by atoms with van der Waals surface area (Å²) in [6.07, 6.45) is 3.57. The van der Waals surface area contributed by atoms with Crippen LogP contribution in [0.25, 0.3) is 0 Å². The van der Waals surface area contributed by atoms with Gasteiger partial charge >= 0.3 is 0 Å². The summed E-state index contributed by atoms with van der Waals surface area (Å²) in [6.45, 7) is 4.40. The molecular formula is C21H27NO3. The van der Waals surface area contributed by atoms with Crippen LogP contribution in [-0.4, -0.2) is 32.0 Å². The van der Waals surface area contributed by atoms with Crippen LogP contribution in [0.4, 0.5) is 5.69 Å². The summed E-state index contributed by atoms with van der Waals surface area (Å²) in [5.74, 6) is 1.79. The number of nitrogens with one attached hydrogen (secondary N) is 1. The molecule has 2 aromatic rings. The highest BCUT2D eigenvalue weighted by Crippen LogP contribution is 2.19. The third kappa shape index (κ3) is 5.68. The van der Waals surface area contributed by atoms with E-state index in [0.29, 0.717) is 6.61 Å². The first-order valence-electron chi connectivity index (χ1n) is 9.13. The molecular weight excluding hydrogens is 314 g/mol. The predicted molar refractivity (Wildman–Crippen MR) is 101 cm³/mol. The Bertz CT molecular complexity index is 609. The summed E-state index contributed by atoms with van der Waals surface area (Å²) in [5, 5.41) is 3.44. The lowest BCUT2D eigenvalue weighted by Gasteiger charge is -2.19. The molecule has 1 fully saturated rings. The Morgan fingerprint density at radius 1 is 1.08 bits per heavy atom. The Kier molecular flexibility index (Phi) is 6.57. The minimum absolute atomic E-state index is 0.137. The Labute approximate surface area is 150 Å². The van der Waals surface area contributed by atoms with Crippen molar-refractivity contribution in [3.63, 3.8) is 0 Å². The summed E-state index contributed by atoms with van der Waals surface area (Å²) >= 11 is 0. The largest absolute Gasteiger partial charge is 0.491 e. The van der Waals surface area contributed by atoms with E-state index in [0.717, 1.165) is 49.6 Å². The molecule has 0 spiro atoms. The van der Waals surface area contributed by atoms with Crippen LogP contribution in [-0.2, 0) is 4.74 Å². The first-order valence-corrected chi connectivity index (χ1v) is 9.13. The number of benzene rings is 2. The van der Waals surface area contributed by atoms with Gasteiger partial charge in [0.05, 0.1) is 12.6 Å². The molecule has 0 aliphatic carbocycles. The highest BCUT2D eigenvalue weighted by atomic mass is 16.5. The second-order valence-corrected chi connectivity index (χ2v) is 6.31. The van der Waals surface area contributed by atoms with E-state index in [4.69, 9.17) is 14.2 Å². The van der Waals surface area contributed by atoms with Crippen LogP contribution in [0.2, 0.25) is 0 Å². The van der Waals surface area contributed by atoms with Gasteiger partial charge in [-0.2, -0.15) is 0 Å². The van der Waals surface area contributed by atoms with Crippen LogP contribution >= 0.6 is 0 Å². The van der Waals surface area contributed by atoms with Crippen LogP contribution < -0.4 is 14.8 Å². The van der Waals surface area contributed by atoms with Gasteiger partial charge in [-0.3, -0.25) is 0 Å². The molecule has 0 saturated carbocycles. The summed E-state index contributed by atoms with van der Waals surface area (Å²) in [4.78, 5) is 0. The summed E-state index contributed by atoms with van der Waals surface area (Å²) in [7, 11) is 0. The number of ether oxygens (including phenoxy) is 3. The first kappa shape index (κ1) is 17.6. The molecule has 2 atom stereocenters. The normalized spacial score (nSPS) is 17.9. The molecule has 0 amide bonds. The minimum atomic E-state index is 0.137. The van der Waals surface area contributed by atoms with Crippen molar-refractivity contribution in [2.24, 2.45) is 0 Å². The van der Waals surface area contributed by atoms with E-state index >= 15 is 0 Å². The molecule has 4 heteroatoms. The Morgan fingerprint density at radius 3 is 2.56 bits per heavy atom. The van der Waals surface area contributed by atoms with Gasteiger partial charge in [-0.05, 0) is 55.7 Å². The van der Waals surface area contributed by atoms with E-state index in [1.165, 1.54) is 0 Å². The van der Waals surface area contributed by atoms with E-state index in [-0.39, 0.29) is 12.2 Å². The fraction of sp³-hybridized carbons (Fsp3) is 0.429. The van der Waals surface area contributed by atoms with Crippen molar-refractivity contribution in [3.8, 4) is 11.5 Å². The van der Waals surface area contributed by atoms with Crippen molar-refractivity contribution in [2.45, 2.75) is 38.4 Å². The van der Waals surface area contributed by atoms with E-state index in [1.807, 2.05) is 54.6 Å². The second-order valence-electron chi connectivity index (χ2n) is 6.31. The van der Waals surface area contributed by atoms with E-state index in [1.54, 1.807) is 0 Å². The number of rotatable bonds is 9. The summed E-state index contributed by atoms with van der Waals surface area (Å²) < 4.78 is 17.4. The SMILES string of the molecule is CCC(CNc1ccc(OCC2CCCO2)cc1)Oc1ccccc1. The Balaban J connectivity index is 1.43. The average Bonchev–Trinajstić information content (AvgIpc) is 3.19. The molecule has 2 unspecified atom stereocenters. The van der Waals surface area contributed by atoms with Crippen molar-refractivity contribution >= 4 is 5.69 Å². The molecule has 1 aliphatic rings. The van der Waals surface area contributed by atoms with Crippen LogP contribution in [0.3, 0.4) is 0 Å². The third-order valence-corrected chi connectivity index (χ3v) is 4.35. The van der Waals surface area contributed by atoms with Crippen molar-refractivity contribution in [1.82, 2.24) is 0 Å². The smallest absolute Gasteiger partial charge is 0.119 e. The third-order valence-electron chi connectivity index (χ3n) is 4.35. The number of para-hydroxylation sites is 1. The standard InChI is InChI=1S/C21H27NO3/c1-2-18(25-20-7-4-3-5-8-20)15-22-17-10-12-19(13-11-17)24-16-21-9-6-14-23-21/h3-5,7-8,10-13,18,21-22H,2,6,9,14-16H2,1H3. The lowest BCUT2D eigenvalue weighted by Crippen LogP contribution is -2.25. The topological polar surface area (TPSA) is 39.7 Å². The molecule has 0 aromatic heterocycles. The van der Waals surface area contributed by atoms with Gasteiger partial charge in [0.25, 0.3) is 0 Å². The zero-order valence-corrected chi connectivity index (χ0v) is 14.8. The molecule has 1 saturated heterocycles. The zero-order valence-electron chi connectivity index (χ0n) is 14.8. The Hall–Kier alpha value is -2.20. The molecule has 2 aromatic carbocycles. The van der Waals surface area contributed by atoms with Gasteiger partial charge in [0, 0.05) is 12.3 Å². The first-order chi connectivity index (χ1) is 12.3. The number of hydrogen-bond acceptors (Lipinski definition) is 4. The molecule has 1 aliphatic heterocycles. The van der Waals surface area contributed by atoms with Crippen LogP contribution in [0.15, 0.2) is 54.6 Å². The molecule has 1 heterocycles. The summed E-state index contributed by atoms with van der Waals surface area (Å²) in [5.41, 5.74) is 1.07. The van der Waals surface area contributed by atoms with Crippen molar-refractivity contribution in [1.29, 1.82) is 0 Å². The van der Waals surface area contributed by atoms with Crippen LogP contribution in [0.5, 0.6) is 11.5 Å². The maximum absolute atomic E-state index is 6.00. The predicted octanol–water partition coefficient (Wildman–Crippen LogP) is 4.51. The lowest BCUT2D eigenvalue weighted by molar-refractivity contribution is 0.0679. The van der Waals surface area contributed by atoms with Crippen molar-refractivity contribution in [2.75, 3.05) is 25.1 Å². The van der Waals surface area contributed by atoms with Gasteiger partial charge in [0.2, 0.25) is 0 Å². The van der Waals surface area contributed by atoms with Crippen LogP contribution in [0.1, 0.15) is 26.2 Å². The fourth-order valence-electron chi connectivity index (χ4n) is 2.83. The second kappa shape index (κ2) is 9.33. The van der Waals surface area contributed by atoms with Gasteiger partial charge in [-0.25, -0.2) is 0 Å². The minimum Gasteiger partial charge on any atom is -0.491 e.